The van der Waals surface area contributed by atoms with Crippen molar-refractivity contribution in [3.05, 3.63) is 41.3 Å². The first kappa shape index (κ1) is 19.6. The standard InChI is InChI=1S/C21H26N2O3S/c1-3-26-21(25)19-17(16-7-5-4-6-8-16)14-27-20(19)22-18(24)13-23-11-9-15(2)10-12-23/h4-8,14-15H,3,9-13H2,1-2H3,(H,22,24). The third kappa shape index (κ3) is 4.96. The van der Waals surface area contributed by atoms with E-state index in [0.717, 1.165) is 43.0 Å². The first-order valence-electron chi connectivity index (χ1n) is 9.44. The van der Waals surface area contributed by atoms with Gasteiger partial charge in [-0.15, -0.1) is 11.3 Å². The van der Waals surface area contributed by atoms with Crippen molar-refractivity contribution in [3.63, 3.8) is 0 Å². The molecule has 2 heterocycles. The van der Waals surface area contributed by atoms with Gasteiger partial charge in [0, 0.05) is 10.9 Å². The molecule has 0 atom stereocenters. The van der Waals surface area contributed by atoms with Gasteiger partial charge >= 0.3 is 5.97 Å². The highest BCUT2D eigenvalue weighted by Crippen LogP contribution is 2.36. The number of nitrogens with one attached hydrogen (secondary N) is 1. The van der Waals surface area contributed by atoms with Gasteiger partial charge in [-0.25, -0.2) is 4.79 Å². The van der Waals surface area contributed by atoms with Crippen LogP contribution in [-0.4, -0.2) is 43.0 Å². The highest BCUT2D eigenvalue weighted by molar-refractivity contribution is 7.15. The first-order chi connectivity index (χ1) is 13.1. The summed E-state index contributed by atoms with van der Waals surface area (Å²) in [5.74, 6) is 0.238. The van der Waals surface area contributed by atoms with Crippen LogP contribution in [0.4, 0.5) is 5.00 Å². The van der Waals surface area contributed by atoms with Crippen molar-refractivity contribution in [2.45, 2.75) is 26.7 Å². The summed E-state index contributed by atoms with van der Waals surface area (Å²) in [6, 6.07) is 9.69. The van der Waals surface area contributed by atoms with Crippen LogP contribution in [0.15, 0.2) is 35.7 Å². The molecule has 1 aromatic heterocycles. The van der Waals surface area contributed by atoms with Crippen LogP contribution in [0.3, 0.4) is 0 Å². The number of piperidine rings is 1. The molecule has 2 aromatic rings. The molecule has 1 aliphatic heterocycles. The van der Waals surface area contributed by atoms with E-state index in [2.05, 4.69) is 17.1 Å². The zero-order valence-electron chi connectivity index (χ0n) is 15.9. The third-order valence-corrected chi connectivity index (χ3v) is 5.75. The van der Waals surface area contributed by atoms with Gasteiger partial charge in [0.2, 0.25) is 5.91 Å². The number of carbonyl (C=O) groups excluding carboxylic acids is 2. The number of ether oxygens (including phenoxy) is 1. The van der Waals surface area contributed by atoms with E-state index in [0.29, 0.717) is 23.7 Å². The Hall–Kier alpha value is -2.18. The molecule has 5 nitrogen and oxygen atoms in total. The summed E-state index contributed by atoms with van der Waals surface area (Å²) in [5.41, 5.74) is 2.16. The Morgan fingerprint density at radius 1 is 1.22 bits per heavy atom. The Morgan fingerprint density at radius 3 is 2.59 bits per heavy atom. The van der Waals surface area contributed by atoms with Gasteiger partial charge in [-0.2, -0.15) is 0 Å². The predicted octanol–water partition coefficient (Wildman–Crippen LogP) is 4.26. The second-order valence-electron chi connectivity index (χ2n) is 6.95. The van der Waals surface area contributed by atoms with Crippen LogP contribution >= 0.6 is 11.3 Å². The molecule has 3 rings (SSSR count). The molecular formula is C21H26N2O3S. The van der Waals surface area contributed by atoms with E-state index in [4.69, 9.17) is 4.74 Å². The maximum atomic E-state index is 12.6. The minimum Gasteiger partial charge on any atom is -0.462 e. The summed E-state index contributed by atoms with van der Waals surface area (Å²) in [6.45, 7) is 6.57. The normalized spacial score (nSPS) is 15.5. The molecule has 1 fully saturated rings. The number of esters is 1. The number of benzene rings is 1. The summed E-state index contributed by atoms with van der Waals surface area (Å²) in [6.07, 6.45) is 2.25. The fraction of sp³-hybridized carbons (Fsp3) is 0.429. The molecule has 0 unspecified atom stereocenters. The zero-order valence-corrected chi connectivity index (χ0v) is 16.7. The largest absolute Gasteiger partial charge is 0.462 e. The van der Waals surface area contributed by atoms with Crippen LogP contribution in [0.1, 0.15) is 37.0 Å². The maximum Gasteiger partial charge on any atom is 0.341 e. The molecule has 0 saturated carbocycles. The van der Waals surface area contributed by atoms with Crippen LogP contribution in [0, 0.1) is 5.92 Å². The topological polar surface area (TPSA) is 58.6 Å². The number of rotatable bonds is 6. The maximum absolute atomic E-state index is 12.6. The zero-order chi connectivity index (χ0) is 19.2. The van der Waals surface area contributed by atoms with Crippen molar-refractivity contribution in [1.82, 2.24) is 4.90 Å². The number of thiophene rings is 1. The van der Waals surface area contributed by atoms with Gasteiger partial charge in [-0.05, 0) is 44.3 Å². The van der Waals surface area contributed by atoms with Crippen molar-refractivity contribution in [2.75, 3.05) is 31.6 Å². The summed E-state index contributed by atoms with van der Waals surface area (Å²) < 4.78 is 5.24. The van der Waals surface area contributed by atoms with Crippen LogP contribution < -0.4 is 5.32 Å². The summed E-state index contributed by atoms with van der Waals surface area (Å²) in [4.78, 5) is 27.3. The van der Waals surface area contributed by atoms with Gasteiger partial charge in [0.1, 0.15) is 10.6 Å². The molecule has 1 amide bonds. The number of anilines is 1. The smallest absolute Gasteiger partial charge is 0.341 e. The second kappa shape index (κ2) is 9.15. The molecule has 144 valence electrons. The lowest BCUT2D eigenvalue weighted by molar-refractivity contribution is -0.117. The number of likely N-dealkylation sites (tertiary alicyclic amines) is 1. The SMILES string of the molecule is CCOC(=O)c1c(-c2ccccc2)csc1NC(=O)CN1CCC(C)CC1. The number of carbonyl (C=O) groups is 2. The van der Waals surface area contributed by atoms with Gasteiger partial charge in [-0.3, -0.25) is 9.69 Å². The van der Waals surface area contributed by atoms with E-state index in [1.54, 1.807) is 6.92 Å². The van der Waals surface area contributed by atoms with Crippen LogP contribution in [0.2, 0.25) is 0 Å². The summed E-state index contributed by atoms with van der Waals surface area (Å²) in [5, 5.41) is 5.40. The number of hydrogen-bond donors (Lipinski definition) is 1. The summed E-state index contributed by atoms with van der Waals surface area (Å²) >= 11 is 1.36. The van der Waals surface area contributed by atoms with E-state index < -0.39 is 5.97 Å². The molecule has 0 bridgehead atoms. The minimum atomic E-state index is -0.403. The monoisotopic (exact) mass is 386 g/mol. The average molecular weight is 387 g/mol. The molecule has 0 aliphatic carbocycles. The predicted molar refractivity (Wildman–Crippen MR) is 109 cm³/mol. The summed E-state index contributed by atoms with van der Waals surface area (Å²) in [7, 11) is 0. The van der Waals surface area contributed by atoms with Crippen LogP contribution in [-0.2, 0) is 9.53 Å². The Labute approximate surface area is 164 Å². The lowest BCUT2D eigenvalue weighted by Gasteiger charge is -2.29. The molecule has 1 N–H and O–H groups in total. The van der Waals surface area contributed by atoms with Crippen molar-refractivity contribution < 1.29 is 14.3 Å². The number of nitrogens with zero attached hydrogens (tertiary/aromatic N) is 1. The Morgan fingerprint density at radius 2 is 1.93 bits per heavy atom. The van der Waals surface area contributed by atoms with Crippen molar-refractivity contribution >= 4 is 28.2 Å². The highest BCUT2D eigenvalue weighted by atomic mass is 32.1. The third-order valence-electron chi connectivity index (χ3n) is 4.85. The van der Waals surface area contributed by atoms with E-state index in [9.17, 15) is 9.59 Å². The van der Waals surface area contributed by atoms with E-state index in [-0.39, 0.29) is 5.91 Å². The fourth-order valence-electron chi connectivity index (χ4n) is 3.28. The molecule has 27 heavy (non-hydrogen) atoms. The van der Waals surface area contributed by atoms with Gasteiger partial charge < -0.3 is 10.1 Å². The van der Waals surface area contributed by atoms with Crippen molar-refractivity contribution in [3.8, 4) is 11.1 Å². The average Bonchev–Trinajstić information content (AvgIpc) is 3.08. The minimum absolute atomic E-state index is 0.0865. The van der Waals surface area contributed by atoms with E-state index in [1.165, 1.54) is 11.3 Å². The quantitative estimate of drug-likeness (QED) is 0.754. The van der Waals surface area contributed by atoms with Gasteiger partial charge in [0.05, 0.1) is 13.2 Å². The molecule has 6 heteroatoms. The number of hydrogen-bond acceptors (Lipinski definition) is 5. The molecule has 1 saturated heterocycles. The van der Waals surface area contributed by atoms with E-state index in [1.807, 2.05) is 35.7 Å². The van der Waals surface area contributed by atoms with E-state index >= 15 is 0 Å². The molecule has 1 aromatic carbocycles. The van der Waals surface area contributed by atoms with Gasteiger partial charge in [0.25, 0.3) is 0 Å². The van der Waals surface area contributed by atoms with Gasteiger partial charge in [-0.1, -0.05) is 37.3 Å². The Kier molecular flexibility index (Phi) is 6.63. The lowest BCUT2D eigenvalue weighted by atomic mass is 9.99. The van der Waals surface area contributed by atoms with Crippen LogP contribution in [0.25, 0.3) is 11.1 Å². The first-order valence-corrected chi connectivity index (χ1v) is 10.3. The second-order valence-corrected chi connectivity index (χ2v) is 7.83. The van der Waals surface area contributed by atoms with Crippen molar-refractivity contribution in [1.29, 1.82) is 0 Å². The Bertz CT molecular complexity index is 780. The number of amides is 1. The molecule has 0 spiro atoms. The van der Waals surface area contributed by atoms with Crippen molar-refractivity contribution in [2.24, 2.45) is 5.92 Å². The molecule has 0 radical (unpaired) electrons. The van der Waals surface area contributed by atoms with Gasteiger partial charge in [0.15, 0.2) is 0 Å². The molecular weight excluding hydrogens is 360 g/mol. The highest BCUT2D eigenvalue weighted by Gasteiger charge is 2.24. The lowest BCUT2D eigenvalue weighted by Crippen LogP contribution is -2.38. The fourth-order valence-corrected chi connectivity index (χ4v) is 4.25. The molecule has 1 aliphatic rings. The van der Waals surface area contributed by atoms with Crippen LogP contribution in [0.5, 0.6) is 0 Å². The Balaban J connectivity index is 1.77.